The number of carbonyl (C=O) groups is 1. The number of furan rings is 1. The minimum absolute atomic E-state index is 0.278. The lowest BCUT2D eigenvalue weighted by Gasteiger charge is -2.11. The van der Waals surface area contributed by atoms with Gasteiger partial charge in [0.15, 0.2) is 0 Å². The zero-order valence-corrected chi connectivity index (χ0v) is 19.2. The Bertz CT molecular complexity index is 1360. The first-order valence-electron chi connectivity index (χ1n) is 9.83. The predicted octanol–water partition coefficient (Wildman–Crippen LogP) is 7.16. The number of ether oxygens (including phenoxy) is 1. The number of hydrogen-bond acceptors (Lipinski definition) is 4. The third-order valence-electron chi connectivity index (χ3n) is 5.14. The van der Waals surface area contributed by atoms with Crippen molar-refractivity contribution in [2.24, 2.45) is 0 Å². The second-order valence-electron chi connectivity index (χ2n) is 7.31. The monoisotopic (exact) mass is 466 g/mol. The third-order valence-corrected chi connectivity index (χ3v) is 5.69. The van der Waals surface area contributed by atoms with Gasteiger partial charge in [0.1, 0.15) is 17.2 Å². The molecule has 0 aliphatic rings. The largest absolute Gasteiger partial charge is 0.496 e. The number of aromatic nitrogens is 1. The summed E-state index contributed by atoms with van der Waals surface area (Å²) in [5.41, 5.74) is 4.65. The molecule has 0 fully saturated rings. The third kappa shape index (κ3) is 4.35. The molecule has 1 N–H and O–H groups in total. The number of aryl methyl sites for hydroxylation is 1. The van der Waals surface area contributed by atoms with Crippen LogP contribution in [0.15, 0.2) is 65.4 Å². The Hall–Kier alpha value is -3.28. The van der Waals surface area contributed by atoms with E-state index in [2.05, 4.69) is 10.3 Å². The fourth-order valence-electron chi connectivity index (χ4n) is 3.49. The van der Waals surface area contributed by atoms with Gasteiger partial charge in [0.25, 0.3) is 0 Å². The van der Waals surface area contributed by atoms with Crippen LogP contribution in [-0.4, -0.2) is 18.0 Å². The van der Waals surface area contributed by atoms with E-state index in [1.165, 1.54) is 6.08 Å². The van der Waals surface area contributed by atoms with Gasteiger partial charge < -0.3 is 14.5 Å². The summed E-state index contributed by atoms with van der Waals surface area (Å²) in [7, 11) is 1.58. The summed E-state index contributed by atoms with van der Waals surface area (Å²) in [4.78, 5) is 16.8. The van der Waals surface area contributed by atoms with Gasteiger partial charge in [-0.25, -0.2) is 4.98 Å². The summed E-state index contributed by atoms with van der Waals surface area (Å²) in [6, 6.07) is 12.8. The molecular formula is C25H20Cl2N2O3. The van der Waals surface area contributed by atoms with Gasteiger partial charge in [0.2, 0.25) is 5.91 Å². The Morgan fingerprint density at radius 2 is 1.97 bits per heavy atom. The molecular weight excluding hydrogens is 447 g/mol. The first kappa shape index (κ1) is 21.9. The Morgan fingerprint density at radius 1 is 1.16 bits per heavy atom. The second kappa shape index (κ2) is 9.07. The fraction of sp³-hybridized carbons (Fsp3) is 0.120. The van der Waals surface area contributed by atoms with E-state index in [0.717, 1.165) is 33.2 Å². The lowest BCUT2D eigenvalue weighted by molar-refractivity contribution is -0.111. The van der Waals surface area contributed by atoms with Crippen molar-refractivity contribution in [2.75, 3.05) is 12.4 Å². The number of nitrogens with one attached hydrogen (secondary N) is 1. The number of amides is 1. The van der Waals surface area contributed by atoms with Gasteiger partial charge in [-0.3, -0.25) is 4.79 Å². The molecule has 4 aromatic rings. The topological polar surface area (TPSA) is 64.4 Å². The van der Waals surface area contributed by atoms with Crippen LogP contribution in [0.1, 0.15) is 18.1 Å². The average Bonchev–Trinajstić information content (AvgIpc) is 3.17. The van der Waals surface area contributed by atoms with E-state index < -0.39 is 0 Å². The number of carbonyl (C=O) groups excluding carboxylic acids is 1. The molecule has 0 aliphatic carbocycles. The Labute approximate surface area is 195 Å². The smallest absolute Gasteiger partial charge is 0.249 e. The van der Waals surface area contributed by atoms with E-state index in [4.69, 9.17) is 32.4 Å². The van der Waals surface area contributed by atoms with Gasteiger partial charge in [0.05, 0.1) is 18.4 Å². The fourth-order valence-corrected chi connectivity index (χ4v) is 4.00. The standard InChI is InChI=1S/C25H20Cl2N2O3/c1-14-5-4-8-28-25(14)29-24(30)9-15(2)18-11-19-20(13-32-23(19)12-22(18)31-3)17-7-6-16(26)10-21(17)27/h4-13H,1-3H3,(H,28,29,30)/b15-9+. The van der Waals surface area contributed by atoms with Crippen LogP contribution in [-0.2, 0) is 4.79 Å². The van der Waals surface area contributed by atoms with Crippen LogP contribution in [0.4, 0.5) is 5.82 Å². The van der Waals surface area contributed by atoms with Crippen LogP contribution in [0.25, 0.3) is 27.7 Å². The van der Waals surface area contributed by atoms with Crippen LogP contribution in [0.5, 0.6) is 5.75 Å². The highest BCUT2D eigenvalue weighted by molar-refractivity contribution is 6.36. The van der Waals surface area contributed by atoms with Crippen LogP contribution >= 0.6 is 23.2 Å². The molecule has 0 radical (unpaired) electrons. The number of fused-ring (bicyclic) bond motifs is 1. The molecule has 162 valence electrons. The summed E-state index contributed by atoms with van der Waals surface area (Å²) >= 11 is 12.5. The van der Waals surface area contributed by atoms with Gasteiger partial charge >= 0.3 is 0 Å². The van der Waals surface area contributed by atoms with Crippen molar-refractivity contribution in [2.45, 2.75) is 13.8 Å². The minimum atomic E-state index is -0.278. The number of allylic oxidation sites excluding steroid dienone is 1. The van der Waals surface area contributed by atoms with Crippen LogP contribution in [0.3, 0.4) is 0 Å². The molecule has 2 aromatic heterocycles. The quantitative estimate of drug-likeness (QED) is 0.316. The molecule has 0 saturated carbocycles. The van der Waals surface area contributed by atoms with Crippen molar-refractivity contribution in [3.63, 3.8) is 0 Å². The maximum Gasteiger partial charge on any atom is 0.249 e. The second-order valence-corrected chi connectivity index (χ2v) is 8.15. The van der Waals surface area contributed by atoms with Crippen LogP contribution in [0, 0.1) is 6.92 Å². The zero-order chi connectivity index (χ0) is 22.8. The summed E-state index contributed by atoms with van der Waals surface area (Å²) in [6.07, 6.45) is 4.81. The average molecular weight is 467 g/mol. The van der Waals surface area contributed by atoms with Gasteiger partial charge in [-0.15, -0.1) is 0 Å². The van der Waals surface area contributed by atoms with Gasteiger partial charge in [-0.05, 0) is 49.2 Å². The zero-order valence-electron chi connectivity index (χ0n) is 17.7. The number of hydrogen-bond donors (Lipinski definition) is 1. The lowest BCUT2D eigenvalue weighted by Crippen LogP contribution is -2.11. The molecule has 0 saturated heterocycles. The lowest BCUT2D eigenvalue weighted by atomic mass is 9.99. The molecule has 2 heterocycles. The first-order valence-corrected chi connectivity index (χ1v) is 10.6. The predicted molar refractivity (Wildman–Crippen MR) is 129 cm³/mol. The number of pyridine rings is 1. The highest BCUT2D eigenvalue weighted by Crippen LogP contribution is 2.40. The van der Waals surface area contributed by atoms with Crippen LogP contribution in [0.2, 0.25) is 10.0 Å². The van der Waals surface area contributed by atoms with E-state index in [-0.39, 0.29) is 5.91 Å². The summed E-state index contributed by atoms with van der Waals surface area (Å²) in [6.45, 7) is 3.74. The molecule has 0 aliphatic heterocycles. The number of halogens is 2. The molecule has 4 rings (SSSR count). The number of methoxy groups -OCH3 is 1. The van der Waals surface area contributed by atoms with Crippen molar-refractivity contribution < 1.29 is 13.9 Å². The Morgan fingerprint density at radius 3 is 2.69 bits per heavy atom. The molecule has 0 unspecified atom stereocenters. The molecule has 7 heteroatoms. The van der Waals surface area contributed by atoms with Crippen molar-refractivity contribution >= 4 is 51.5 Å². The van der Waals surface area contributed by atoms with Crippen molar-refractivity contribution in [1.82, 2.24) is 4.98 Å². The highest BCUT2D eigenvalue weighted by atomic mass is 35.5. The highest BCUT2D eigenvalue weighted by Gasteiger charge is 2.16. The maximum atomic E-state index is 12.6. The van der Waals surface area contributed by atoms with Gasteiger partial charge in [-0.2, -0.15) is 0 Å². The molecule has 0 atom stereocenters. The van der Waals surface area contributed by atoms with Crippen molar-refractivity contribution in [3.8, 4) is 16.9 Å². The first-order chi connectivity index (χ1) is 15.4. The summed E-state index contributed by atoms with van der Waals surface area (Å²) < 4.78 is 11.3. The number of benzene rings is 2. The summed E-state index contributed by atoms with van der Waals surface area (Å²) in [5.74, 6) is 0.842. The molecule has 0 bridgehead atoms. The van der Waals surface area contributed by atoms with E-state index in [0.29, 0.717) is 27.2 Å². The van der Waals surface area contributed by atoms with E-state index in [1.807, 2.05) is 38.1 Å². The van der Waals surface area contributed by atoms with E-state index in [1.54, 1.807) is 37.8 Å². The van der Waals surface area contributed by atoms with E-state index in [9.17, 15) is 4.79 Å². The van der Waals surface area contributed by atoms with Crippen molar-refractivity contribution in [3.05, 3.63) is 82.2 Å². The maximum absolute atomic E-state index is 12.6. The molecule has 1 amide bonds. The number of nitrogens with zero attached hydrogens (tertiary/aromatic N) is 1. The molecule has 2 aromatic carbocycles. The summed E-state index contributed by atoms with van der Waals surface area (Å²) in [5, 5.41) is 4.74. The van der Waals surface area contributed by atoms with Gasteiger partial charge in [0, 0.05) is 45.4 Å². The molecule has 0 spiro atoms. The Kier molecular flexibility index (Phi) is 6.21. The molecule has 32 heavy (non-hydrogen) atoms. The number of rotatable bonds is 5. The van der Waals surface area contributed by atoms with Crippen LogP contribution < -0.4 is 10.1 Å². The van der Waals surface area contributed by atoms with Gasteiger partial charge in [-0.1, -0.05) is 35.3 Å². The Balaban J connectivity index is 1.75. The van der Waals surface area contributed by atoms with Crippen molar-refractivity contribution in [1.29, 1.82) is 0 Å². The normalized spacial score (nSPS) is 11.6. The molecule has 5 nitrogen and oxygen atoms in total. The van der Waals surface area contributed by atoms with E-state index >= 15 is 0 Å². The SMILES string of the molecule is COc1cc2occ(-c3ccc(Cl)cc3Cl)c2cc1/C(C)=C/C(=O)Nc1ncccc1C. The number of anilines is 1. The minimum Gasteiger partial charge on any atom is -0.496 e.